The summed E-state index contributed by atoms with van der Waals surface area (Å²) in [6.45, 7) is 7.29. The van der Waals surface area contributed by atoms with Gasteiger partial charge in [-0.15, -0.1) is 0 Å². The first-order chi connectivity index (χ1) is 17.2. The number of hydrogen-bond donors (Lipinski definition) is 0. The van der Waals surface area contributed by atoms with Crippen molar-refractivity contribution < 1.29 is 84.9 Å². The largest absolute Gasteiger partial charge is 0.442 e. The third-order valence-corrected chi connectivity index (χ3v) is 6.11. The van der Waals surface area contributed by atoms with Crippen LogP contribution < -0.4 is 0 Å². The highest BCUT2D eigenvalue weighted by molar-refractivity contribution is 5.76. The molecule has 0 aromatic carbocycles. The van der Waals surface area contributed by atoms with Crippen molar-refractivity contribution in [3.05, 3.63) is 0 Å². The van der Waals surface area contributed by atoms with Crippen molar-refractivity contribution in [3.63, 3.8) is 0 Å². The van der Waals surface area contributed by atoms with Crippen molar-refractivity contribution in [3.8, 4) is 0 Å². The topological polar surface area (TPSA) is 52.6 Å². The van der Waals surface area contributed by atoms with Gasteiger partial charge in [-0.3, -0.25) is 9.59 Å². The fourth-order valence-corrected chi connectivity index (χ4v) is 2.43. The summed E-state index contributed by atoms with van der Waals surface area (Å²) in [5, 5.41) is 0. The minimum Gasteiger partial charge on any atom is -0.442 e. The van der Waals surface area contributed by atoms with Gasteiger partial charge in [-0.25, -0.2) is 0 Å². The third kappa shape index (κ3) is 7.02. The average Bonchev–Trinajstić information content (AvgIpc) is 2.74. The highest BCUT2D eigenvalue weighted by Crippen LogP contribution is 2.64. The Kier molecular flexibility index (Phi) is 10.4. The third-order valence-electron chi connectivity index (χ3n) is 6.11. The van der Waals surface area contributed by atoms with Crippen LogP contribution in [0, 0.1) is 10.8 Å². The van der Waals surface area contributed by atoms with Crippen molar-refractivity contribution in [2.24, 2.45) is 10.8 Å². The minimum absolute atomic E-state index is 0.0638. The van der Waals surface area contributed by atoms with Crippen molar-refractivity contribution in [2.45, 2.75) is 109 Å². The molecule has 0 aromatic rings. The monoisotopic (exact) mass is 626 g/mol. The van der Waals surface area contributed by atoms with Crippen LogP contribution in [0.2, 0.25) is 0 Å². The number of carbonyl (C=O) groups excluding carboxylic acids is 2. The van der Waals surface area contributed by atoms with E-state index in [-0.39, 0.29) is 12.8 Å². The first-order valence-corrected chi connectivity index (χ1v) is 11.0. The summed E-state index contributed by atoms with van der Waals surface area (Å²) in [6, 6.07) is 0. The Bertz CT molecular complexity index is 908. The molecule has 1 fully saturated rings. The van der Waals surface area contributed by atoms with Crippen LogP contribution in [0.25, 0.3) is 0 Å². The molecule has 1 unspecified atom stereocenters. The second kappa shape index (κ2) is 10.9. The summed E-state index contributed by atoms with van der Waals surface area (Å²) in [5.74, 6) is -34.2. The Balaban J connectivity index is 0.000000799. The fourth-order valence-electron chi connectivity index (χ4n) is 2.43. The maximum Gasteiger partial charge on any atom is 0.434 e. The van der Waals surface area contributed by atoms with Crippen molar-refractivity contribution >= 4 is 11.9 Å². The Morgan fingerprint density at radius 1 is 0.650 bits per heavy atom. The molecule has 1 saturated carbocycles. The molecular formula is C21H25F15O4. The van der Waals surface area contributed by atoms with Crippen LogP contribution in [0.3, 0.4) is 0 Å². The van der Waals surface area contributed by atoms with Gasteiger partial charge < -0.3 is 9.47 Å². The van der Waals surface area contributed by atoms with E-state index in [0.29, 0.717) is 0 Å². The number of hydrogen-bond acceptors (Lipinski definition) is 4. The standard InChI is InChI=1S/C12H13F9O2.C9H12F6O2/c1-4-7(2,3)6(22)23-9(15)5-8(13,14)10(16,17)12(20,21)11(9,18)19;1-4-7(2,3)6(16)17-5(8(10,11)12)9(13,14)15/h4-5H2,1-3H3;5H,4H2,1-3H3. The molecule has 0 saturated heterocycles. The molecule has 40 heavy (non-hydrogen) atoms. The van der Waals surface area contributed by atoms with E-state index in [1.807, 2.05) is 0 Å². The summed E-state index contributed by atoms with van der Waals surface area (Å²) in [4.78, 5) is 22.7. The first kappa shape index (κ1) is 37.9. The van der Waals surface area contributed by atoms with Crippen molar-refractivity contribution in [1.29, 1.82) is 0 Å². The molecule has 0 aromatic heterocycles. The second-order valence-corrected chi connectivity index (χ2v) is 10.1. The molecular weight excluding hydrogens is 601 g/mol. The molecule has 0 bridgehead atoms. The quantitative estimate of drug-likeness (QED) is 0.221. The van der Waals surface area contributed by atoms with Gasteiger partial charge in [0.2, 0.25) is 0 Å². The number of alkyl halides is 15. The molecule has 0 radical (unpaired) electrons. The van der Waals surface area contributed by atoms with E-state index in [0.717, 1.165) is 13.8 Å². The van der Waals surface area contributed by atoms with E-state index >= 15 is 0 Å². The molecule has 1 aliphatic carbocycles. The second-order valence-electron chi connectivity index (χ2n) is 10.1. The van der Waals surface area contributed by atoms with Crippen LogP contribution in [0.1, 0.15) is 60.8 Å². The lowest BCUT2D eigenvalue weighted by Gasteiger charge is -2.48. The lowest BCUT2D eigenvalue weighted by Crippen LogP contribution is -2.75. The zero-order valence-corrected chi connectivity index (χ0v) is 21.5. The van der Waals surface area contributed by atoms with E-state index in [9.17, 15) is 75.4 Å². The molecule has 0 spiro atoms. The number of esters is 2. The maximum absolute atomic E-state index is 14.1. The number of ether oxygens (including phenoxy) is 2. The van der Waals surface area contributed by atoms with Crippen LogP contribution in [-0.2, 0) is 19.1 Å². The van der Waals surface area contributed by atoms with Gasteiger partial charge in [0.1, 0.15) is 0 Å². The zero-order valence-electron chi connectivity index (χ0n) is 21.5. The van der Waals surface area contributed by atoms with Crippen LogP contribution in [-0.4, -0.2) is 59.9 Å². The Morgan fingerprint density at radius 2 is 1.00 bits per heavy atom. The molecule has 0 amide bonds. The van der Waals surface area contributed by atoms with Crippen LogP contribution in [0.4, 0.5) is 65.9 Å². The highest BCUT2D eigenvalue weighted by Gasteiger charge is 2.92. The number of rotatable bonds is 6. The van der Waals surface area contributed by atoms with E-state index in [1.54, 1.807) is 0 Å². The van der Waals surface area contributed by atoms with E-state index in [4.69, 9.17) is 0 Å². The Hall–Kier alpha value is -2.11. The molecule has 4 nitrogen and oxygen atoms in total. The predicted molar refractivity (Wildman–Crippen MR) is 104 cm³/mol. The van der Waals surface area contributed by atoms with Gasteiger partial charge in [0, 0.05) is 0 Å². The van der Waals surface area contributed by atoms with Gasteiger partial charge in [0.05, 0.1) is 17.3 Å². The Labute approximate surface area is 217 Å². The van der Waals surface area contributed by atoms with Crippen molar-refractivity contribution in [2.75, 3.05) is 0 Å². The molecule has 0 N–H and O–H groups in total. The lowest BCUT2D eigenvalue weighted by atomic mass is 9.81. The molecule has 0 aliphatic heterocycles. The van der Waals surface area contributed by atoms with Crippen molar-refractivity contribution in [1.82, 2.24) is 0 Å². The normalized spacial score (nSPS) is 24.1. The number of carbonyl (C=O) groups is 2. The lowest BCUT2D eigenvalue weighted by molar-refractivity contribution is -0.455. The van der Waals surface area contributed by atoms with E-state index in [1.165, 1.54) is 27.7 Å². The number of halogens is 15. The molecule has 1 aliphatic rings. The molecule has 19 heteroatoms. The summed E-state index contributed by atoms with van der Waals surface area (Å²) in [6.07, 6.45) is -18.6. The maximum atomic E-state index is 14.1. The highest BCUT2D eigenvalue weighted by atomic mass is 19.4. The summed E-state index contributed by atoms with van der Waals surface area (Å²) < 4.78 is 199. The van der Waals surface area contributed by atoms with Gasteiger partial charge >= 0.3 is 53.8 Å². The Morgan fingerprint density at radius 3 is 1.32 bits per heavy atom. The smallest absolute Gasteiger partial charge is 0.434 e. The molecule has 238 valence electrons. The average molecular weight is 626 g/mol. The summed E-state index contributed by atoms with van der Waals surface area (Å²) >= 11 is 0. The summed E-state index contributed by atoms with van der Waals surface area (Å²) in [5.41, 5.74) is -3.07. The van der Waals surface area contributed by atoms with Gasteiger partial charge in [-0.1, -0.05) is 13.8 Å². The SMILES string of the molecule is CCC(C)(C)C(=O)OC(C(F)(F)F)C(F)(F)F.CCC(C)(C)C(=O)OC1(F)CC(F)(F)C(F)(F)C(F)(F)C1(F)F. The minimum atomic E-state index is -6.77. The van der Waals surface area contributed by atoms with Crippen LogP contribution in [0.5, 0.6) is 0 Å². The van der Waals surface area contributed by atoms with Gasteiger partial charge in [0.25, 0.3) is 6.10 Å². The van der Waals surface area contributed by atoms with E-state index in [2.05, 4.69) is 9.47 Å². The van der Waals surface area contributed by atoms with Gasteiger partial charge in [-0.05, 0) is 40.5 Å². The van der Waals surface area contributed by atoms with Crippen LogP contribution >= 0.6 is 0 Å². The molecule has 1 rings (SSSR count). The summed E-state index contributed by atoms with van der Waals surface area (Å²) in [7, 11) is 0. The van der Waals surface area contributed by atoms with E-state index < -0.39 is 77.2 Å². The fraction of sp³-hybridized carbons (Fsp3) is 0.905. The van der Waals surface area contributed by atoms with Gasteiger partial charge in [0.15, 0.2) is 0 Å². The van der Waals surface area contributed by atoms with Gasteiger partial charge in [-0.2, -0.15) is 65.9 Å². The molecule has 1 atom stereocenters. The zero-order chi connectivity index (χ0) is 32.8. The molecule has 0 heterocycles. The first-order valence-electron chi connectivity index (χ1n) is 11.0. The van der Waals surface area contributed by atoms with Crippen LogP contribution in [0.15, 0.2) is 0 Å². The predicted octanol–water partition coefficient (Wildman–Crippen LogP) is 8.04.